The van der Waals surface area contributed by atoms with Gasteiger partial charge in [-0.3, -0.25) is 4.79 Å². The number of allylic oxidation sites excluding steroid dienone is 3. The zero-order chi connectivity index (χ0) is 54.6. The predicted molar refractivity (Wildman–Crippen MR) is 254 cm³/mol. The summed E-state index contributed by atoms with van der Waals surface area (Å²) in [6.07, 6.45) is -26.7. The molecular formula is C52H82O23. The molecule has 4 heterocycles. The highest BCUT2D eigenvalue weighted by atomic mass is 16.8. The minimum atomic E-state index is -1.95. The molecule has 0 aromatic rings. The third kappa shape index (κ3) is 9.31. The SMILES string of the molecule is C=C1CC[C@]2(C(=O)O[C@@H]3O[C@H](CO[C@@H]4O[C@H](CO)[C@@H](O[C@@H]5O[C@@H](C)[C@H](O)[C@@H](O[C@@H]6OC[C@@H](O)[C@H](O)[C@H]6O)[C@H]5O)[C@H](O)[C@H]4O)[C@@H](O)[C@H](O)[C@H]3O)CC[C@]3(C)C(=CC[C@@H]4[C@@]5(C)C[C@@H](O)[C@H](O)[C@@](C)(CO)[C@@H]5CC[C@]43C)[C@@H]2C1. The van der Waals surface area contributed by atoms with Crippen LogP contribution in [0.3, 0.4) is 0 Å². The van der Waals surface area contributed by atoms with E-state index in [0.717, 1.165) is 24.0 Å². The summed E-state index contributed by atoms with van der Waals surface area (Å²) in [7, 11) is 0. The van der Waals surface area contributed by atoms with Crippen molar-refractivity contribution in [3.05, 3.63) is 23.8 Å². The standard InChI is InChI=1S/C52H82O23/c1-21-9-12-52(14-13-50(5)23(24(52)15-21)7-8-30-48(3)16-25(55)42(66)49(4,20-54)29(48)10-11-51(30,50)6)47(67)75-45-37(63)34(60)33(59)28(72-45)19-69-43-38(64)35(61)40(27(17-53)71-43)73-46-39(65)41(31(57)22(2)70-46)74-44-36(62)32(58)26(56)18-68-44/h7,22,24-46,53-66H,1,8-20H2,2-6H3/t22-,24-,25+,26+,27+,28+,29+,30+,31-,32-,33+,34-,35+,36+,37+,38+,39+,40+,41+,42-,43+,44-,45-,46-,48-,49-,50+,51+,52-/m0/s1. The highest BCUT2D eigenvalue weighted by Gasteiger charge is 2.71. The number of fused-ring (bicyclic) bond motifs is 7. The number of ether oxygens (including phenoxy) is 8. The largest absolute Gasteiger partial charge is 0.432 e. The molecule has 0 unspecified atom stereocenters. The van der Waals surface area contributed by atoms with Gasteiger partial charge in [0, 0.05) is 11.3 Å². The number of esters is 1. The van der Waals surface area contributed by atoms with Crippen molar-refractivity contribution in [2.45, 2.75) is 221 Å². The van der Waals surface area contributed by atoms with Crippen LogP contribution in [0.15, 0.2) is 23.8 Å². The van der Waals surface area contributed by atoms with Crippen molar-refractivity contribution in [2.75, 3.05) is 26.4 Å². The van der Waals surface area contributed by atoms with Crippen LogP contribution in [-0.4, -0.2) is 233 Å². The van der Waals surface area contributed by atoms with Gasteiger partial charge in [-0.15, -0.1) is 0 Å². The molecule has 23 nitrogen and oxygen atoms in total. The lowest BCUT2D eigenvalue weighted by Crippen LogP contribution is -2.68. The molecule has 428 valence electrons. The van der Waals surface area contributed by atoms with E-state index in [1.807, 2.05) is 6.92 Å². The van der Waals surface area contributed by atoms with Gasteiger partial charge in [0.2, 0.25) is 6.29 Å². The summed E-state index contributed by atoms with van der Waals surface area (Å²) in [6, 6.07) is 0. The topological polar surface area (TPSA) is 374 Å². The summed E-state index contributed by atoms with van der Waals surface area (Å²) in [6.45, 7) is 12.2. The quantitative estimate of drug-likeness (QED) is 0.0729. The van der Waals surface area contributed by atoms with Crippen LogP contribution in [0.25, 0.3) is 0 Å². The van der Waals surface area contributed by atoms with Crippen LogP contribution < -0.4 is 0 Å². The van der Waals surface area contributed by atoms with Gasteiger partial charge in [-0.05, 0) is 92.8 Å². The maximum Gasteiger partial charge on any atom is 0.315 e. The van der Waals surface area contributed by atoms with E-state index in [0.29, 0.717) is 44.9 Å². The second-order valence-corrected chi connectivity index (χ2v) is 24.4. The van der Waals surface area contributed by atoms with Gasteiger partial charge >= 0.3 is 5.97 Å². The van der Waals surface area contributed by atoms with Crippen LogP contribution in [-0.2, 0) is 42.7 Å². The molecule has 0 radical (unpaired) electrons. The average Bonchev–Trinajstić information content (AvgIpc) is 3.37. The Morgan fingerprint density at radius 1 is 0.693 bits per heavy atom. The Hall–Kier alpha value is -1.89. The summed E-state index contributed by atoms with van der Waals surface area (Å²) in [5.41, 5.74) is -0.935. The summed E-state index contributed by atoms with van der Waals surface area (Å²) in [5.74, 6) is -0.927. The first kappa shape index (κ1) is 57.8. The molecule has 23 heteroatoms. The second kappa shape index (κ2) is 21.2. The number of hydrogen-bond donors (Lipinski definition) is 14. The fraction of sp³-hybridized carbons (Fsp3) is 0.904. The van der Waals surface area contributed by atoms with Gasteiger partial charge in [-0.2, -0.15) is 0 Å². The predicted octanol–water partition coefficient (Wildman–Crippen LogP) is -2.90. The van der Waals surface area contributed by atoms with E-state index >= 15 is 0 Å². The van der Waals surface area contributed by atoms with Gasteiger partial charge in [-0.1, -0.05) is 51.5 Å². The van der Waals surface area contributed by atoms with Gasteiger partial charge in [0.15, 0.2) is 18.9 Å². The summed E-state index contributed by atoms with van der Waals surface area (Å²) < 4.78 is 46.0. The van der Waals surface area contributed by atoms with Crippen LogP contribution in [0.2, 0.25) is 0 Å². The summed E-state index contributed by atoms with van der Waals surface area (Å²) in [5, 5.41) is 152. The van der Waals surface area contributed by atoms with E-state index in [1.165, 1.54) is 6.92 Å². The van der Waals surface area contributed by atoms with Crippen molar-refractivity contribution in [2.24, 2.45) is 44.8 Å². The molecule has 0 aromatic heterocycles. The minimum Gasteiger partial charge on any atom is -0.432 e. The zero-order valence-electron chi connectivity index (χ0n) is 43.3. The smallest absolute Gasteiger partial charge is 0.315 e. The second-order valence-electron chi connectivity index (χ2n) is 24.4. The van der Waals surface area contributed by atoms with Crippen LogP contribution in [0.1, 0.15) is 92.4 Å². The lowest BCUT2D eigenvalue weighted by Gasteiger charge is -2.71. The fourth-order valence-corrected chi connectivity index (χ4v) is 15.7. The highest BCUT2D eigenvalue weighted by molar-refractivity contribution is 5.79. The summed E-state index contributed by atoms with van der Waals surface area (Å²) >= 11 is 0. The summed E-state index contributed by atoms with van der Waals surface area (Å²) in [4.78, 5) is 14.9. The Balaban J connectivity index is 0.865. The van der Waals surface area contributed by atoms with E-state index in [9.17, 15) is 76.3 Å². The molecule has 0 bridgehead atoms. The maximum atomic E-state index is 14.9. The van der Waals surface area contributed by atoms with Crippen molar-refractivity contribution < 1.29 is 114 Å². The van der Waals surface area contributed by atoms with Crippen molar-refractivity contribution in [3.8, 4) is 0 Å². The number of hydrogen-bond acceptors (Lipinski definition) is 23. The van der Waals surface area contributed by atoms with E-state index in [4.69, 9.17) is 37.9 Å². The molecule has 0 spiro atoms. The molecule has 4 saturated heterocycles. The lowest BCUT2D eigenvalue weighted by atomic mass is 9.33. The molecule has 4 aliphatic heterocycles. The van der Waals surface area contributed by atoms with E-state index in [2.05, 4.69) is 33.4 Å². The number of carbonyl (C=O) groups is 1. The Kier molecular flexibility index (Phi) is 16.3. The highest BCUT2D eigenvalue weighted by Crippen LogP contribution is 2.75. The molecule has 9 aliphatic rings. The fourth-order valence-electron chi connectivity index (χ4n) is 15.7. The Morgan fingerprint density at radius 3 is 2.05 bits per heavy atom. The Bertz CT molecular complexity index is 2100. The van der Waals surface area contributed by atoms with Crippen molar-refractivity contribution in [3.63, 3.8) is 0 Å². The third-order valence-electron chi connectivity index (χ3n) is 20.5. The lowest BCUT2D eigenvalue weighted by molar-refractivity contribution is -0.375. The Morgan fingerprint density at radius 2 is 1.36 bits per heavy atom. The van der Waals surface area contributed by atoms with E-state index in [-0.39, 0.29) is 29.8 Å². The molecule has 5 aliphatic carbocycles. The molecule has 8 fully saturated rings. The Labute approximate surface area is 435 Å². The van der Waals surface area contributed by atoms with Crippen LogP contribution in [0.5, 0.6) is 0 Å². The minimum absolute atomic E-state index is 0.0367. The maximum absolute atomic E-state index is 14.9. The van der Waals surface area contributed by atoms with Gasteiger partial charge in [-0.25, -0.2) is 0 Å². The number of aliphatic hydroxyl groups excluding tert-OH is 14. The van der Waals surface area contributed by atoms with E-state index in [1.54, 1.807) is 0 Å². The molecular weight excluding hydrogens is 993 g/mol. The normalized spacial score (nSPS) is 55.1. The van der Waals surface area contributed by atoms with Gasteiger partial charge in [0.25, 0.3) is 0 Å². The van der Waals surface area contributed by atoms with Crippen molar-refractivity contribution in [1.29, 1.82) is 0 Å². The average molecular weight is 1080 g/mol. The van der Waals surface area contributed by atoms with E-state index < -0.39 is 176 Å². The molecule has 9 rings (SSSR count). The first-order chi connectivity index (χ1) is 35.2. The molecule has 75 heavy (non-hydrogen) atoms. The number of aliphatic hydroxyl groups is 14. The van der Waals surface area contributed by atoms with Gasteiger partial charge < -0.3 is 109 Å². The number of carbonyl (C=O) groups excluding carboxylic acids is 1. The van der Waals surface area contributed by atoms with Crippen LogP contribution >= 0.6 is 0 Å². The molecule has 0 amide bonds. The first-order valence-electron chi connectivity index (χ1n) is 26.7. The first-order valence-corrected chi connectivity index (χ1v) is 26.7. The third-order valence-corrected chi connectivity index (χ3v) is 20.5. The molecule has 4 saturated carbocycles. The van der Waals surface area contributed by atoms with Crippen molar-refractivity contribution in [1.82, 2.24) is 0 Å². The monoisotopic (exact) mass is 1070 g/mol. The van der Waals surface area contributed by atoms with Gasteiger partial charge in [0.1, 0.15) is 85.5 Å². The van der Waals surface area contributed by atoms with Crippen LogP contribution in [0.4, 0.5) is 0 Å². The number of rotatable bonds is 11. The molecule has 14 N–H and O–H groups in total. The molecule has 29 atom stereocenters. The zero-order valence-corrected chi connectivity index (χ0v) is 43.3. The molecule has 0 aromatic carbocycles. The van der Waals surface area contributed by atoms with Crippen LogP contribution in [0, 0.1) is 44.8 Å². The van der Waals surface area contributed by atoms with Crippen molar-refractivity contribution >= 4 is 5.97 Å². The van der Waals surface area contributed by atoms with Gasteiger partial charge in [0.05, 0.1) is 50.2 Å².